The second-order valence-corrected chi connectivity index (χ2v) is 6.45. The molecule has 0 fully saturated rings. The van der Waals surface area contributed by atoms with Gasteiger partial charge >= 0.3 is 0 Å². The Balaban J connectivity index is 2.10. The van der Waals surface area contributed by atoms with E-state index in [0.717, 1.165) is 23.2 Å². The minimum atomic E-state index is 0.0562. The number of rotatable bonds is 6. The van der Waals surface area contributed by atoms with Gasteiger partial charge in [-0.3, -0.25) is 0 Å². The van der Waals surface area contributed by atoms with Crippen LogP contribution in [0.4, 0.5) is 5.69 Å². The van der Waals surface area contributed by atoms with Crippen LogP contribution in [0.5, 0.6) is 11.5 Å². The van der Waals surface area contributed by atoms with Crippen LogP contribution in [0.15, 0.2) is 36.4 Å². The molecular weight excluding hydrogens is 356 g/mol. The van der Waals surface area contributed by atoms with Gasteiger partial charge in [-0.15, -0.1) is 0 Å². The molecule has 25 heavy (non-hydrogen) atoms. The number of ether oxygens (including phenoxy) is 2. The summed E-state index contributed by atoms with van der Waals surface area (Å²) in [4.78, 5) is 0. The van der Waals surface area contributed by atoms with Gasteiger partial charge in [0.2, 0.25) is 0 Å². The summed E-state index contributed by atoms with van der Waals surface area (Å²) >= 11 is 11.6. The molecule has 0 aliphatic heterocycles. The van der Waals surface area contributed by atoms with Crippen molar-refractivity contribution >= 4 is 34.6 Å². The molecule has 1 unspecified atom stereocenters. The van der Waals surface area contributed by atoms with Crippen LogP contribution in [0.25, 0.3) is 0 Å². The second kappa shape index (κ2) is 8.92. The maximum absolute atomic E-state index is 6.16. The van der Waals surface area contributed by atoms with Crippen LogP contribution in [-0.4, -0.2) is 19.3 Å². The minimum Gasteiger partial charge on any atom is -0.493 e. The third-order valence-electron chi connectivity index (χ3n) is 3.95. The van der Waals surface area contributed by atoms with Crippen LogP contribution in [0.2, 0.25) is 5.02 Å². The number of halogens is 1. The zero-order valence-corrected chi connectivity index (χ0v) is 16.4. The third kappa shape index (κ3) is 5.00. The lowest BCUT2D eigenvalue weighted by molar-refractivity contribution is 0.354. The molecule has 0 aliphatic rings. The maximum Gasteiger partial charge on any atom is 0.171 e. The first-order chi connectivity index (χ1) is 12.0. The number of hydrogen-bond acceptors (Lipinski definition) is 3. The van der Waals surface area contributed by atoms with Crippen LogP contribution < -0.4 is 20.1 Å². The molecule has 0 bridgehead atoms. The molecular formula is C19H23ClN2O2S. The van der Waals surface area contributed by atoms with Gasteiger partial charge in [-0.05, 0) is 61.0 Å². The number of nitrogens with one attached hydrogen (secondary N) is 2. The summed E-state index contributed by atoms with van der Waals surface area (Å²) in [5, 5.41) is 7.76. The van der Waals surface area contributed by atoms with Gasteiger partial charge in [-0.25, -0.2) is 0 Å². The van der Waals surface area contributed by atoms with Crippen LogP contribution in [0, 0.1) is 6.92 Å². The lowest BCUT2D eigenvalue weighted by atomic mass is 10.0. The average Bonchev–Trinajstić information content (AvgIpc) is 2.62. The Kier molecular flexibility index (Phi) is 6.91. The molecule has 2 N–H and O–H groups in total. The summed E-state index contributed by atoms with van der Waals surface area (Å²) in [6.45, 7) is 4.06. The molecule has 0 radical (unpaired) electrons. The van der Waals surface area contributed by atoms with Crippen molar-refractivity contribution in [2.75, 3.05) is 19.5 Å². The zero-order valence-electron chi connectivity index (χ0n) is 14.9. The first-order valence-electron chi connectivity index (χ1n) is 8.04. The van der Waals surface area contributed by atoms with E-state index in [1.165, 1.54) is 0 Å². The second-order valence-electron chi connectivity index (χ2n) is 5.64. The molecule has 6 heteroatoms. The minimum absolute atomic E-state index is 0.0562. The quantitative estimate of drug-likeness (QED) is 0.684. The van der Waals surface area contributed by atoms with Crippen LogP contribution >= 0.6 is 23.8 Å². The molecule has 0 amide bonds. The fourth-order valence-electron chi connectivity index (χ4n) is 2.49. The van der Waals surface area contributed by atoms with E-state index in [1.54, 1.807) is 14.2 Å². The zero-order chi connectivity index (χ0) is 18.4. The molecule has 4 nitrogen and oxygen atoms in total. The summed E-state index contributed by atoms with van der Waals surface area (Å²) in [5.74, 6) is 1.40. The number of thiocarbonyl (C=S) groups is 1. The molecule has 0 aromatic heterocycles. The smallest absolute Gasteiger partial charge is 0.171 e. The van der Waals surface area contributed by atoms with Crippen molar-refractivity contribution in [3.05, 3.63) is 52.5 Å². The predicted molar refractivity (Wildman–Crippen MR) is 108 cm³/mol. The maximum atomic E-state index is 6.16. The molecule has 1 atom stereocenters. The Hall–Kier alpha value is -1.98. The van der Waals surface area contributed by atoms with E-state index >= 15 is 0 Å². The van der Waals surface area contributed by atoms with Crippen LogP contribution in [0.1, 0.15) is 30.5 Å². The molecule has 2 aromatic carbocycles. The fourth-order valence-corrected chi connectivity index (χ4v) is 2.93. The number of anilines is 1. The normalized spacial score (nSPS) is 11.6. The number of methoxy groups -OCH3 is 2. The lowest BCUT2D eigenvalue weighted by Gasteiger charge is -2.21. The first-order valence-corrected chi connectivity index (χ1v) is 8.82. The third-order valence-corrected chi connectivity index (χ3v) is 4.58. The van der Waals surface area contributed by atoms with Gasteiger partial charge in [0, 0.05) is 10.7 Å². The van der Waals surface area contributed by atoms with E-state index < -0.39 is 0 Å². The van der Waals surface area contributed by atoms with Crippen molar-refractivity contribution in [1.29, 1.82) is 0 Å². The summed E-state index contributed by atoms with van der Waals surface area (Å²) < 4.78 is 10.7. The highest BCUT2D eigenvalue weighted by atomic mass is 35.5. The number of hydrogen-bond donors (Lipinski definition) is 2. The summed E-state index contributed by atoms with van der Waals surface area (Å²) in [5.41, 5.74) is 2.96. The van der Waals surface area contributed by atoms with Gasteiger partial charge in [0.05, 0.1) is 20.3 Å². The van der Waals surface area contributed by atoms with Crippen molar-refractivity contribution in [2.45, 2.75) is 26.3 Å². The molecule has 0 saturated heterocycles. The molecule has 0 heterocycles. The largest absolute Gasteiger partial charge is 0.493 e. The van der Waals surface area contributed by atoms with Gasteiger partial charge < -0.3 is 20.1 Å². The molecule has 0 aliphatic carbocycles. The summed E-state index contributed by atoms with van der Waals surface area (Å²) in [6.07, 6.45) is 0.867. The van der Waals surface area contributed by atoms with E-state index in [2.05, 4.69) is 17.6 Å². The fraction of sp³-hybridized carbons (Fsp3) is 0.316. The van der Waals surface area contributed by atoms with Crippen LogP contribution in [-0.2, 0) is 0 Å². The Labute approximate surface area is 159 Å². The van der Waals surface area contributed by atoms with Crippen molar-refractivity contribution < 1.29 is 9.47 Å². The summed E-state index contributed by atoms with van der Waals surface area (Å²) in [7, 11) is 3.25. The topological polar surface area (TPSA) is 42.5 Å². The van der Waals surface area contributed by atoms with Gasteiger partial charge in [0.15, 0.2) is 16.6 Å². The van der Waals surface area contributed by atoms with Crippen molar-refractivity contribution in [3.8, 4) is 11.5 Å². The predicted octanol–water partition coefficient (Wildman–Crippen LogP) is 5.10. The summed E-state index contributed by atoms with van der Waals surface area (Å²) in [6, 6.07) is 11.7. The number of benzene rings is 2. The highest BCUT2D eigenvalue weighted by Crippen LogP contribution is 2.31. The van der Waals surface area contributed by atoms with E-state index in [1.807, 2.05) is 43.3 Å². The number of aryl methyl sites for hydroxylation is 1. The molecule has 2 rings (SSSR count). The Morgan fingerprint density at radius 3 is 2.44 bits per heavy atom. The van der Waals surface area contributed by atoms with E-state index in [-0.39, 0.29) is 6.04 Å². The molecule has 0 spiro atoms. The highest BCUT2D eigenvalue weighted by molar-refractivity contribution is 7.80. The van der Waals surface area contributed by atoms with Gasteiger partial charge in [-0.1, -0.05) is 30.7 Å². The monoisotopic (exact) mass is 378 g/mol. The Bertz CT molecular complexity index is 752. The molecule has 2 aromatic rings. The SMILES string of the molecule is CCC(NC(=S)Nc1ccc(C)c(Cl)c1)c1ccc(OC)c(OC)c1. The average molecular weight is 379 g/mol. The van der Waals surface area contributed by atoms with Gasteiger partial charge in [-0.2, -0.15) is 0 Å². The van der Waals surface area contributed by atoms with Crippen molar-refractivity contribution in [3.63, 3.8) is 0 Å². The van der Waals surface area contributed by atoms with Crippen molar-refractivity contribution in [1.82, 2.24) is 5.32 Å². The van der Waals surface area contributed by atoms with E-state index in [9.17, 15) is 0 Å². The van der Waals surface area contributed by atoms with Gasteiger partial charge in [0.1, 0.15) is 0 Å². The lowest BCUT2D eigenvalue weighted by Crippen LogP contribution is -2.32. The Morgan fingerprint density at radius 2 is 1.84 bits per heavy atom. The Morgan fingerprint density at radius 1 is 1.12 bits per heavy atom. The standard InChI is InChI=1S/C19H23ClN2O2S/c1-5-16(13-7-9-17(23-3)18(10-13)24-4)22-19(25)21-14-8-6-12(2)15(20)11-14/h6-11,16H,5H2,1-4H3,(H2,21,22,25). The van der Waals surface area contributed by atoms with E-state index in [4.69, 9.17) is 33.3 Å². The first kappa shape index (κ1) is 19.3. The van der Waals surface area contributed by atoms with Crippen LogP contribution in [0.3, 0.4) is 0 Å². The van der Waals surface area contributed by atoms with Gasteiger partial charge in [0.25, 0.3) is 0 Å². The van der Waals surface area contributed by atoms with Crippen molar-refractivity contribution in [2.24, 2.45) is 0 Å². The highest BCUT2D eigenvalue weighted by Gasteiger charge is 2.14. The van der Waals surface area contributed by atoms with E-state index in [0.29, 0.717) is 21.6 Å². The molecule has 0 saturated carbocycles. The molecule has 134 valence electrons.